The lowest BCUT2D eigenvalue weighted by Gasteiger charge is -2.16. The Morgan fingerprint density at radius 3 is 2.65 bits per heavy atom. The number of hydrogen-bond acceptors (Lipinski definition) is 5. The number of phenolic OH excluding ortho intramolecular Hbond substituents is 2. The number of aromatic hydroxyl groups is 2. The van der Waals surface area contributed by atoms with Gasteiger partial charge in [-0.1, -0.05) is 6.07 Å². The van der Waals surface area contributed by atoms with Gasteiger partial charge in [0.25, 0.3) is 0 Å². The molecule has 0 fully saturated rings. The van der Waals surface area contributed by atoms with Crippen LogP contribution in [0.15, 0.2) is 30.3 Å². The summed E-state index contributed by atoms with van der Waals surface area (Å²) < 4.78 is 5.47. The first-order valence-electron chi connectivity index (χ1n) is 6.34. The van der Waals surface area contributed by atoms with Gasteiger partial charge in [-0.15, -0.1) is 0 Å². The molecule has 0 heterocycles. The van der Waals surface area contributed by atoms with Crippen LogP contribution in [0.25, 0.3) is 0 Å². The summed E-state index contributed by atoms with van der Waals surface area (Å²) in [7, 11) is 0. The zero-order chi connectivity index (χ0) is 14.7. The molecule has 0 atom stereocenters. The number of hydrogen-bond donors (Lipinski definition) is 4. The molecule has 0 saturated carbocycles. The molecule has 0 aliphatic rings. The molecule has 0 aliphatic carbocycles. The first-order valence-corrected chi connectivity index (χ1v) is 6.34. The van der Waals surface area contributed by atoms with E-state index in [1.165, 1.54) is 0 Å². The van der Waals surface area contributed by atoms with Gasteiger partial charge in [0.1, 0.15) is 17.2 Å². The lowest BCUT2D eigenvalue weighted by Crippen LogP contribution is -2.01. The molecular weight excluding hydrogens is 256 g/mol. The van der Waals surface area contributed by atoms with Gasteiger partial charge in [-0.2, -0.15) is 0 Å². The second kappa shape index (κ2) is 5.61. The molecule has 5 heteroatoms. The SMILES string of the molecule is CCOc1ccc(N)c(O)c1Nc1cccc(O)c1C. The highest BCUT2D eigenvalue weighted by molar-refractivity contribution is 5.80. The van der Waals surface area contributed by atoms with Gasteiger partial charge in [-0.3, -0.25) is 0 Å². The Kier molecular flexibility index (Phi) is 3.89. The molecule has 0 aliphatic heterocycles. The molecule has 5 N–H and O–H groups in total. The van der Waals surface area contributed by atoms with Crippen LogP contribution >= 0.6 is 0 Å². The molecule has 0 saturated heterocycles. The molecule has 0 spiro atoms. The maximum Gasteiger partial charge on any atom is 0.166 e. The van der Waals surface area contributed by atoms with Crippen molar-refractivity contribution in [1.82, 2.24) is 0 Å². The minimum atomic E-state index is -0.0707. The third-order valence-corrected chi connectivity index (χ3v) is 3.04. The summed E-state index contributed by atoms with van der Waals surface area (Å²) in [4.78, 5) is 0. The van der Waals surface area contributed by atoms with E-state index in [1.54, 1.807) is 37.3 Å². The molecule has 0 aromatic heterocycles. The molecule has 2 aromatic carbocycles. The predicted molar refractivity (Wildman–Crippen MR) is 79.8 cm³/mol. The number of rotatable bonds is 4. The zero-order valence-corrected chi connectivity index (χ0v) is 11.5. The minimum Gasteiger partial charge on any atom is -0.508 e. The fourth-order valence-corrected chi connectivity index (χ4v) is 1.88. The number of phenols is 2. The van der Waals surface area contributed by atoms with Gasteiger partial charge in [0.15, 0.2) is 5.75 Å². The maximum absolute atomic E-state index is 10.1. The van der Waals surface area contributed by atoms with E-state index in [1.807, 2.05) is 6.92 Å². The van der Waals surface area contributed by atoms with Crippen LogP contribution in [0.2, 0.25) is 0 Å². The van der Waals surface area contributed by atoms with Crippen molar-refractivity contribution in [2.45, 2.75) is 13.8 Å². The summed E-state index contributed by atoms with van der Waals surface area (Å²) >= 11 is 0. The Morgan fingerprint density at radius 2 is 1.95 bits per heavy atom. The van der Waals surface area contributed by atoms with Crippen molar-refractivity contribution in [2.75, 3.05) is 17.7 Å². The zero-order valence-electron chi connectivity index (χ0n) is 11.5. The molecule has 5 nitrogen and oxygen atoms in total. The van der Waals surface area contributed by atoms with Crippen LogP contribution in [0, 0.1) is 6.92 Å². The second-order valence-corrected chi connectivity index (χ2v) is 4.38. The lowest BCUT2D eigenvalue weighted by molar-refractivity contribution is 0.340. The topological polar surface area (TPSA) is 87.7 Å². The highest BCUT2D eigenvalue weighted by Gasteiger charge is 2.14. The summed E-state index contributed by atoms with van der Waals surface area (Å²) in [6.45, 7) is 4.11. The van der Waals surface area contributed by atoms with Crippen molar-refractivity contribution in [3.05, 3.63) is 35.9 Å². The highest BCUT2D eigenvalue weighted by Crippen LogP contribution is 2.41. The molecule has 20 heavy (non-hydrogen) atoms. The van der Waals surface area contributed by atoms with Crippen LogP contribution < -0.4 is 15.8 Å². The van der Waals surface area contributed by atoms with Crippen LogP contribution in [-0.4, -0.2) is 16.8 Å². The van der Waals surface area contributed by atoms with Crippen molar-refractivity contribution in [2.24, 2.45) is 0 Å². The monoisotopic (exact) mass is 274 g/mol. The Balaban J connectivity index is 2.46. The fraction of sp³-hybridized carbons (Fsp3) is 0.200. The van der Waals surface area contributed by atoms with E-state index in [9.17, 15) is 10.2 Å². The van der Waals surface area contributed by atoms with Gasteiger partial charge in [0, 0.05) is 11.3 Å². The van der Waals surface area contributed by atoms with Crippen molar-refractivity contribution in [1.29, 1.82) is 0 Å². The maximum atomic E-state index is 10.1. The Bertz CT molecular complexity index is 627. The molecule has 2 aromatic rings. The van der Waals surface area contributed by atoms with Crippen LogP contribution in [0.5, 0.6) is 17.2 Å². The van der Waals surface area contributed by atoms with Gasteiger partial charge >= 0.3 is 0 Å². The van der Waals surface area contributed by atoms with E-state index in [0.29, 0.717) is 29.3 Å². The van der Waals surface area contributed by atoms with Crippen LogP contribution in [0.3, 0.4) is 0 Å². The first kappa shape index (κ1) is 13.9. The smallest absolute Gasteiger partial charge is 0.166 e. The van der Waals surface area contributed by atoms with Gasteiger partial charge in [-0.05, 0) is 38.1 Å². The van der Waals surface area contributed by atoms with Crippen LogP contribution in [-0.2, 0) is 0 Å². The van der Waals surface area contributed by atoms with Crippen molar-refractivity contribution >= 4 is 17.1 Å². The number of nitrogens with two attached hydrogens (primary N) is 1. The molecule has 0 amide bonds. The number of nitrogen functional groups attached to an aromatic ring is 1. The van der Waals surface area contributed by atoms with E-state index in [4.69, 9.17) is 10.5 Å². The molecule has 0 radical (unpaired) electrons. The molecule has 2 rings (SSSR count). The van der Waals surface area contributed by atoms with E-state index >= 15 is 0 Å². The molecular formula is C15H18N2O3. The number of benzene rings is 2. The van der Waals surface area contributed by atoms with E-state index in [-0.39, 0.29) is 17.2 Å². The van der Waals surface area contributed by atoms with Crippen LogP contribution in [0.4, 0.5) is 17.1 Å². The van der Waals surface area contributed by atoms with Crippen molar-refractivity contribution < 1.29 is 14.9 Å². The average Bonchev–Trinajstić information content (AvgIpc) is 2.43. The molecule has 0 bridgehead atoms. The summed E-state index contributed by atoms with van der Waals surface area (Å²) in [5, 5.41) is 22.9. The third-order valence-electron chi connectivity index (χ3n) is 3.04. The Morgan fingerprint density at radius 1 is 1.20 bits per heavy atom. The summed E-state index contributed by atoms with van der Waals surface area (Å²) in [5.41, 5.74) is 7.71. The van der Waals surface area contributed by atoms with Gasteiger partial charge in [0.2, 0.25) is 0 Å². The summed E-state index contributed by atoms with van der Waals surface area (Å²) in [5.74, 6) is 0.608. The highest BCUT2D eigenvalue weighted by atomic mass is 16.5. The van der Waals surface area contributed by atoms with Gasteiger partial charge in [-0.25, -0.2) is 0 Å². The average molecular weight is 274 g/mol. The summed E-state index contributed by atoms with van der Waals surface area (Å²) in [6.07, 6.45) is 0. The third kappa shape index (κ3) is 2.56. The number of nitrogens with one attached hydrogen (secondary N) is 1. The lowest BCUT2D eigenvalue weighted by atomic mass is 10.1. The number of ether oxygens (including phenoxy) is 1. The van der Waals surface area contributed by atoms with E-state index in [0.717, 1.165) is 0 Å². The second-order valence-electron chi connectivity index (χ2n) is 4.38. The van der Waals surface area contributed by atoms with Gasteiger partial charge < -0.3 is 26.0 Å². The largest absolute Gasteiger partial charge is 0.508 e. The predicted octanol–water partition coefficient (Wildman–Crippen LogP) is 3.13. The summed E-state index contributed by atoms with van der Waals surface area (Å²) in [6, 6.07) is 8.39. The quantitative estimate of drug-likeness (QED) is 0.508. The molecule has 0 unspecified atom stereocenters. The molecule has 106 valence electrons. The first-order chi connectivity index (χ1) is 9.54. The standard InChI is InChI=1S/C15H18N2O3/c1-3-20-13-8-7-10(16)15(19)14(13)17-11-5-4-6-12(18)9(11)2/h4-8,17-19H,3,16H2,1-2H3. The van der Waals surface area contributed by atoms with E-state index < -0.39 is 0 Å². The van der Waals surface area contributed by atoms with Crippen LogP contribution in [0.1, 0.15) is 12.5 Å². The van der Waals surface area contributed by atoms with Crippen molar-refractivity contribution in [3.63, 3.8) is 0 Å². The fourth-order valence-electron chi connectivity index (χ4n) is 1.88. The van der Waals surface area contributed by atoms with Gasteiger partial charge in [0.05, 0.1) is 12.3 Å². The van der Waals surface area contributed by atoms with Crippen molar-refractivity contribution in [3.8, 4) is 17.2 Å². The number of anilines is 3. The minimum absolute atomic E-state index is 0.0707. The Labute approximate surface area is 117 Å². The van der Waals surface area contributed by atoms with E-state index in [2.05, 4.69) is 5.32 Å². The normalized spacial score (nSPS) is 10.3. The Hall–Kier alpha value is -2.56.